The third-order valence-corrected chi connectivity index (χ3v) is 7.02. The van der Waals surface area contributed by atoms with Gasteiger partial charge in [0.15, 0.2) is 0 Å². The average Bonchev–Trinajstić information content (AvgIpc) is 2.70. The number of ether oxygens (including phenoxy) is 2. The number of alkyl halides is 1. The summed E-state index contributed by atoms with van der Waals surface area (Å²) in [6.45, 7) is 6.77. The number of halogens is 1. The Morgan fingerprint density at radius 2 is 1.91 bits per heavy atom. The van der Waals surface area contributed by atoms with Crippen molar-refractivity contribution < 1.29 is 31.9 Å². The second-order valence-electron chi connectivity index (χ2n) is 9.10. The molecule has 12 heteroatoms. The third-order valence-electron chi connectivity index (χ3n) is 5.10. The van der Waals surface area contributed by atoms with Gasteiger partial charge in [-0.05, 0) is 51.8 Å². The maximum Gasteiger partial charge on any atom is 0.412 e. The van der Waals surface area contributed by atoms with Crippen molar-refractivity contribution in [1.29, 1.82) is 0 Å². The van der Waals surface area contributed by atoms with Gasteiger partial charge in [-0.15, -0.1) is 0 Å². The molecule has 0 aromatic heterocycles. The molecule has 3 rings (SSSR count). The molecule has 0 radical (unpaired) electrons. The average molecular weight is 487 g/mol. The highest BCUT2D eigenvalue weighted by Crippen LogP contribution is 2.38. The van der Waals surface area contributed by atoms with Crippen molar-refractivity contribution >= 4 is 33.6 Å². The van der Waals surface area contributed by atoms with Gasteiger partial charge >= 0.3 is 16.3 Å². The van der Waals surface area contributed by atoms with Crippen LogP contribution in [0.1, 0.15) is 40.5 Å². The molecule has 1 aromatic carbocycles. The summed E-state index contributed by atoms with van der Waals surface area (Å²) in [6, 6.07) is 4.62. The van der Waals surface area contributed by atoms with Crippen molar-refractivity contribution in [2.45, 2.75) is 58.4 Å². The number of carbonyl (C=O) groups excluding carboxylic acids is 2. The van der Waals surface area contributed by atoms with E-state index >= 15 is 0 Å². The number of rotatable bonds is 5. The second-order valence-corrected chi connectivity index (χ2v) is 11.0. The number of hydrogen-bond acceptors (Lipinski definition) is 6. The number of nitrogens with zero attached hydrogens (tertiary/aromatic N) is 2. The van der Waals surface area contributed by atoms with E-state index in [-0.39, 0.29) is 56.4 Å². The molecular weight excluding hydrogens is 455 g/mol. The van der Waals surface area contributed by atoms with Crippen molar-refractivity contribution in [2.24, 2.45) is 0 Å². The Balaban J connectivity index is 1.90. The molecule has 10 nitrogen and oxygen atoms in total. The van der Waals surface area contributed by atoms with E-state index < -0.39 is 34.2 Å². The van der Waals surface area contributed by atoms with Gasteiger partial charge in [-0.25, -0.2) is 9.18 Å². The van der Waals surface area contributed by atoms with Gasteiger partial charge in [0.05, 0.1) is 18.8 Å². The molecule has 1 saturated heterocycles. The van der Waals surface area contributed by atoms with E-state index in [1.54, 1.807) is 32.9 Å². The number of hydrogen-bond donors (Lipinski definition) is 2. The second kappa shape index (κ2) is 9.72. The first-order valence-corrected chi connectivity index (χ1v) is 12.2. The summed E-state index contributed by atoms with van der Waals surface area (Å²) in [6.07, 6.45) is -2.06. The molecule has 2 heterocycles. The van der Waals surface area contributed by atoms with Crippen molar-refractivity contribution in [3.63, 3.8) is 0 Å². The van der Waals surface area contributed by atoms with Crippen LogP contribution in [-0.4, -0.2) is 68.8 Å². The van der Waals surface area contributed by atoms with Crippen LogP contribution in [0.3, 0.4) is 0 Å². The summed E-state index contributed by atoms with van der Waals surface area (Å²) >= 11 is 0. The molecule has 184 valence electrons. The van der Waals surface area contributed by atoms with Gasteiger partial charge in [0.2, 0.25) is 5.91 Å². The lowest BCUT2D eigenvalue weighted by Gasteiger charge is -2.39. The molecule has 0 bridgehead atoms. The van der Waals surface area contributed by atoms with E-state index in [9.17, 15) is 22.4 Å². The largest absolute Gasteiger partial charge is 0.484 e. The molecule has 2 aliphatic rings. The first-order valence-electron chi connectivity index (χ1n) is 10.8. The Hall–Kier alpha value is -2.60. The lowest BCUT2D eigenvalue weighted by molar-refractivity contribution is -0.119. The van der Waals surface area contributed by atoms with E-state index in [4.69, 9.17) is 9.47 Å². The molecule has 0 aliphatic carbocycles. The number of amides is 2. The maximum absolute atomic E-state index is 13.6. The molecule has 0 spiro atoms. The summed E-state index contributed by atoms with van der Waals surface area (Å²) in [5.74, 6) is 0.0241. The summed E-state index contributed by atoms with van der Waals surface area (Å²) in [5, 5.41) is 5.24. The molecule has 2 N–H and O–H groups in total. The minimum absolute atomic E-state index is 0.0545. The number of anilines is 2. The van der Waals surface area contributed by atoms with Crippen LogP contribution in [0.4, 0.5) is 20.6 Å². The zero-order valence-electron chi connectivity index (χ0n) is 19.3. The first-order chi connectivity index (χ1) is 15.3. The summed E-state index contributed by atoms with van der Waals surface area (Å²) < 4.78 is 54.2. The van der Waals surface area contributed by atoms with E-state index in [0.717, 1.165) is 0 Å². The Kier molecular flexibility index (Phi) is 7.37. The molecule has 0 saturated carbocycles. The smallest absolute Gasteiger partial charge is 0.412 e. The van der Waals surface area contributed by atoms with E-state index in [1.165, 1.54) is 21.6 Å². The summed E-state index contributed by atoms with van der Waals surface area (Å²) in [5.41, 5.74) is -0.129. The van der Waals surface area contributed by atoms with Gasteiger partial charge in [0.1, 0.15) is 23.6 Å². The first kappa shape index (κ1) is 25.0. The minimum atomic E-state index is -4.00. The molecule has 1 fully saturated rings. The Bertz CT molecular complexity index is 989. The van der Waals surface area contributed by atoms with Crippen LogP contribution >= 0.6 is 0 Å². The van der Waals surface area contributed by atoms with E-state index in [0.29, 0.717) is 5.69 Å². The zero-order chi connectivity index (χ0) is 24.4. The fourth-order valence-corrected chi connectivity index (χ4v) is 5.28. The van der Waals surface area contributed by atoms with Crippen LogP contribution < -0.4 is 19.7 Å². The van der Waals surface area contributed by atoms with Gasteiger partial charge < -0.3 is 14.8 Å². The SMILES string of the molecule is CC(=O)NCC1CN(S(=O)(=O)N2CCC(F)CC2)c2cc(NC(=O)OC(C)(C)C)ccc2O1. The minimum Gasteiger partial charge on any atom is -0.484 e. The molecule has 2 aliphatic heterocycles. The zero-order valence-corrected chi connectivity index (χ0v) is 20.1. The number of fused-ring (bicyclic) bond motifs is 1. The Morgan fingerprint density at radius 3 is 2.52 bits per heavy atom. The lowest BCUT2D eigenvalue weighted by Crippen LogP contribution is -2.53. The highest BCUT2D eigenvalue weighted by molar-refractivity contribution is 7.90. The van der Waals surface area contributed by atoms with E-state index in [1.807, 2.05) is 0 Å². The number of benzene rings is 1. The van der Waals surface area contributed by atoms with Crippen molar-refractivity contribution in [1.82, 2.24) is 9.62 Å². The predicted molar refractivity (Wildman–Crippen MR) is 121 cm³/mol. The van der Waals surface area contributed by atoms with Crippen LogP contribution in [0.5, 0.6) is 5.75 Å². The molecule has 33 heavy (non-hydrogen) atoms. The summed E-state index contributed by atoms with van der Waals surface area (Å²) in [7, 11) is -4.00. The van der Waals surface area contributed by atoms with E-state index in [2.05, 4.69) is 10.6 Å². The number of carbonyl (C=O) groups is 2. The Labute approximate surface area is 193 Å². The van der Waals surface area contributed by atoms with Crippen LogP contribution in [0, 0.1) is 0 Å². The summed E-state index contributed by atoms with van der Waals surface area (Å²) in [4.78, 5) is 23.5. The molecule has 1 aromatic rings. The predicted octanol–water partition coefficient (Wildman–Crippen LogP) is 2.42. The third kappa shape index (κ3) is 6.47. The van der Waals surface area contributed by atoms with Gasteiger partial charge in [0, 0.05) is 25.7 Å². The standard InChI is InChI=1S/C21H31FN4O6S/c1-14(27)23-12-17-13-26(33(29,30)25-9-7-15(22)8-10-25)18-11-16(5-6-19(18)31-17)24-20(28)32-21(2,3)4/h5-6,11,15,17H,7-10,12-13H2,1-4H3,(H,23,27)(H,24,28). The van der Waals surface area contributed by atoms with Gasteiger partial charge in [-0.1, -0.05) is 0 Å². The van der Waals surface area contributed by atoms with Gasteiger partial charge in [0.25, 0.3) is 0 Å². The normalized spacial score (nSPS) is 19.9. The quantitative estimate of drug-likeness (QED) is 0.660. The van der Waals surface area contributed by atoms with Crippen LogP contribution in [-0.2, 0) is 19.7 Å². The maximum atomic E-state index is 13.6. The van der Waals surface area contributed by atoms with Gasteiger partial charge in [-0.2, -0.15) is 12.7 Å². The van der Waals surface area contributed by atoms with Crippen molar-refractivity contribution in [2.75, 3.05) is 35.8 Å². The topological polar surface area (TPSA) is 117 Å². The van der Waals surface area contributed by atoms with Crippen molar-refractivity contribution in [3.05, 3.63) is 18.2 Å². The fraction of sp³-hybridized carbons (Fsp3) is 0.619. The van der Waals surface area contributed by atoms with Crippen molar-refractivity contribution in [3.8, 4) is 5.75 Å². The molecule has 1 unspecified atom stereocenters. The monoisotopic (exact) mass is 486 g/mol. The highest BCUT2D eigenvalue weighted by Gasteiger charge is 2.39. The fourth-order valence-electron chi connectivity index (χ4n) is 3.59. The highest BCUT2D eigenvalue weighted by atomic mass is 32.2. The molecule has 2 amide bonds. The molecule has 1 atom stereocenters. The Morgan fingerprint density at radius 1 is 1.24 bits per heavy atom. The lowest BCUT2D eigenvalue weighted by atomic mass is 10.1. The number of nitrogens with one attached hydrogen (secondary N) is 2. The van der Waals surface area contributed by atoms with Gasteiger partial charge in [-0.3, -0.25) is 14.4 Å². The molecular formula is C21H31FN4O6S. The van der Waals surface area contributed by atoms with Crippen LogP contribution in [0.2, 0.25) is 0 Å². The van der Waals surface area contributed by atoms with Crippen LogP contribution in [0.25, 0.3) is 0 Å². The number of piperidine rings is 1. The van der Waals surface area contributed by atoms with Crippen LogP contribution in [0.15, 0.2) is 18.2 Å².